The van der Waals surface area contributed by atoms with Gasteiger partial charge in [-0.15, -0.1) is 0 Å². The fourth-order valence-corrected chi connectivity index (χ4v) is 2.73. The fraction of sp³-hybridized carbons (Fsp3) is 0.400. The standard InChI is InChI=1S/C20H26N2O3/c1-3-18-14-17(15-19(23)21-18)20(24)22(12-13-25-2)11-7-10-16-8-5-4-6-9-16/h4-6,8-9,14-15H,3,7,10-13H2,1-2H3,(H,21,23). The number of methoxy groups -OCH3 is 1. The van der Waals surface area contributed by atoms with Crippen LogP contribution in [-0.2, 0) is 17.6 Å². The Morgan fingerprint density at radius 3 is 2.60 bits per heavy atom. The summed E-state index contributed by atoms with van der Waals surface area (Å²) in [5.74, 6) is -0.120. The predicted octanol–water partition coefficient (Wildman–Crippen LogP) is 2.66. The van der Waals surface area contributed by atoms with Gasteiger partial charge < -0.3 is 14.6 Å². The molecule has 5 heteroatoms. The third-order valence-electron chi connectivity index (χ3n) is 4.12. The molecule has 0 bridgehead atoms. The molecule has 0 saturated carbocycles. The van der Waals surface area contributed by atoms with Crippen molar-refractivity contribution in [1.29, 1.82) is 0 Å². The van der Waals surface area contributed by atoms with Crippen molar-refractivity contribution in [1.82, 2.24) is 9.88 Å². The topological polar surface area (TPSA) is 62.4 Å². The molecular weight excluding hydrogens is 316 g/mol. The van der Waals surface area contributed by atoms with Gasteiger partial charge in [0.05, 0.1) is 6.61 Å². The first-order valence-electron chi connectivity index (χ1n) is 8.69. The first-order chi connectivity index (χ1) is 12.1. The molecule has 0 radical (unpaired) electrons. The number of hydrogen-bond donors (Lipinski definition) is 1. The fourth-order valence-electron chi connectivity index (χ4n) is 2.73. The van der Waals surface area contributed by atoms with Gasteiger partial charge in [-0.05, 0) is 30.9 Å². The highest BCUT2D eigenvalue weighted by molar-refractivity contribution is 5.94. The number of H-pyrrole nitrogens is 1. The molecule has 1 amide bonds. The number of rotatable bonds is 9. The molecule has 0 fully saturated rings. The van der Waals surface area contributed by atoms with Gasteiger partial charge in [0.1, 0.15) is 0 Å². The minimum Gasteiger partial charge on any atom is -0.383 e. The van der Waals surface area contributed by atoms with Crippen molar-refractivity contribution in [2.75, 3.05) is 26.8 Å². The van der Waals surface area contributed by atoms with Gasteiger partial charge >= 0.3 is 0 Å². The van der Waals surface area contributed by atoms with Crippen molar-refractivity contribution in [2.24, 2.45) is 0 Å². The van der Waals surface area contributed by atoms with E-state index in [0.717, 1.165) is 18.5 Å². The summed E-state index contributed by atoms with van der Waals surface area (Å²) in [5, 5.41) is 0. The van der Waals surface area contributed by atoms with E-state index >= 15 is 0 Å². The second-order valence-corrected chi connectivity index (χ2v) is 5.99. The van der Waals surface area contributed by atoms with Gasteiger partial charge in [0.25, 0.3) is 5.91 Å². The Kier molecular flexibility index (Phi) is 7.41. The van der Waals surface area contributed by atoms with Gasteiger partial charge in [0.2, 0.25) is 5.56 Å². The van der Waals surface area contributed by atoms with E-state index in [-0.39, 0.29) is 11.5 Å². The third-order valence-corrected chi connectivity index (χ3v) is 4.12. The summed E-state index contributed by atoms with van der Waals surface area (Å²) in [6.45, 7) is 3.56. The first-order valence-corrected chi connectivity index (χ1v) is 8.69. The van der Waals surface area contributed by atoms with Gasteiger partial charge in [-0.1, -0.05) is 37.3 Å². The lowest BCUT2D eigenvalue weighted by atomic mass is 10.1. The van der Waals surface area contributed by atoms with Gasteiger partial charge in [-0.2, -0.15) is 0 Å². The van der Waals surface area contributed by atoms with E-state index in [0.29, 0.717) is 31.7 Å². The molecule has 134 valence electrons. The number of amides is 1. The summed E-state index contributed by atoms with van der Waals surface area (Å²) in [5.41, 5.74) is 2.23. The highest BCUT2D eigenvalue weighted by atomic mass is 16.5. The van der Waals surface area contributed by atoms with Crippen molar-refractivity contribution < 1.29 is 9.53 Å². The quantitative estimate of drug-likeness (QED) is 0.762. The smallest absolute Gasteiger partial charge is 0.254 e. The lowest BCUT2D eigenvalue weighted by molar-refractivity contribution is 0.0693. The van der Waals surface area contributed by atoms with Crippen molar-refractivity contribution in [2.45, 2.75) is 26.2 Å². The molecule has 25 heavy (non-hydrogen) atoms. The number of hydrogen-bond acceptors (Lipinski definition) is 3. The summed E-state index contributed by atoms with van der Waals surface area (Å²) < 4.78 is 5.13. The number of aromatic nitrogens is 1. The Hall–Kier alpha value is -2.40. The van der Waals surface area contributed by atoms with Gasteiger partial charge in [-0.25, -0.2) is 0 Å². The highest BCUT2D eigenvalue weighted by Gasteiger charge is 2.16. The maximum atomic E-state index is 12.8. The van der Waals surface area contributed by atoms with Crippen LogP contribution in [0.3, 0.4) is 0 Å². The van der Waals surface area contributed by atoms with E-state index in [1.165, 1.54) is 11.6 Å². The number of benzene rings is 1. The Bertz CT molecular complexity index is 725. The summed E-state index contributed by atoms with van der Waals surface area (Å²) in [6.07, 6.45) is 2.46. The van der Waals surface area contributed by atoms with Crippen LogP contribution in [-0.4, -0.2) is 42.6 Å². The monoisotopic (exact) mass is 342 g/mol. The van der Waals surface area contributed by atoms with Crippen LogP contribution in [0, 0.1) is 0 Å². The molecule has 1 N–H and O–H groups in total. The molecule has 1 heterocycles. The van der Waals surface area contributed by atoms with Crippen LogP contribution in [0.15, 0.2) is 47.3 Å². The number of aryl methyl sites for hydroxylation is 2. The van der Waals surface area contributed by atoms with E-state index in [2.05, 4.69) is 17.1 Å². The molecule has 0 aliphatic carbocycles. The number of aromatic amines is 1. The van der Waals surface area contributed by atoms with E-state index in [4.69, 9.17) is 4.74 Å². The number of nitrogens with zero attached hydrogens (tertiary/aromatic N) is 1. The molecule has 0 spiro atoms. The number of carbonyl (C=O) groups excluding carboxylic acids is 1. The van der Waals surface area contributed by atoms with Crippen LogP contribution in [0.5, 0.6) is 0 Å². The zero-order chi connectivity index (χ0) is 18.1. The summed E-state index contributed by atoms with van der Waals surface area (Å²) >= 11 is 0. The Morgan fingerprint density at radius 1 is 1.16 bits per heavy atom. The lowest BCUT2D eigenvalue weighted by Gasteiger charge is -2.22. The van der Waals surface area contributed by atoms with Gasteiger partial charge in [0, 0.05) is 37.5 Å². The minimum atomic E-state index is -0.237. The maximum absolute atomic E-state index is 12.8. The Labute approximate surface area is 148 Å². The lowest BCUT2D eigenvalue weighted by Crippen LogP contribution is -2.35. The Balaban J connectivity index is 2.06. The maximum Gasteiger partial charge on any atom is 0.254 e. The van der Waals surface area contributed by atoms with Crippen molar-refractivity contribution in [3.8, 4) is 0 Å². The zero-order valence-corrected chi connectivity index (χ0v) is 15.0. The van der Waals surface area contributed by atoms with Crippen LogP contribution in [0.1, 0.15) is 35.0 Å². The van der Waals surface area contributed by atoms with Gasteiger partial charge in [-0.3, -0.25) is 9.59 Å². The second kappa shape index (κ2) is 9.79. The molecule has 1 aromatic carbocycles. The van der Waals surface area contributed by atoms with Crippen LogP contribution < -0.4 is 5.56 Å². The van der Waals surface area contributed by atoms with E-state index < -0.39 is 0 Å². The molecule has 2 rings (SSSR count). The van der Waals surface area contributed by atoms with Crippen molar-refractivity contribution >= 4 is 5.91 Å². The summed E-state index contributed by atoms with van der Waals surface area (Å²) in [7, 11) is 1.62. The normalized spacial score (nSPS) is 10.6. The van der Waals surface area contributed by atoms with Crippen LogP contribution in [0.4, 0.5) is 0 Å². The molecule has 0 aliphatic heterocycles. The average Bonchev–Trinajstić information content (AvgIpc) is 2.64. The largest absolute Gasteiger partial charge is 0.383 e. The molecular formula is C20H26N2O3. The summed E-state index contributed by atoms with van der Waals surface area (Å²) in [6, 6.07) is 13.4. The molecule has 0 atom stereocenters. The van der Waals surface area contributed by atoms with Gasteiger partial charge in [0.15, 0.2) is 0 Å². The predicted molar refractivity (Wildman–Crippen MR) is 99.0 cm³/mol. The second-order valence-electron chi connectivity index (χ2n) is 5.99. The van der Waals surface area contributed by atoms with Crippen LogP contribution in [0.2, 0.25) is 0 Å². The van der Waals surface area contributed by atoms with Crippen LogP contribution in [0.25, 0.3) is 0 Å². The van der Waals surface area contributed by atoms with Crippen molar-refractivity contribution in [3.63, 3.8) is 0 Å². The number of ether oxygens (including phenoxy) is 1. The minimum absolute atomic E-state index is 0.120. The SMILES string of the molecule is CCc1cc(C(=O)N(CCCc2ccccc2)CCOC)cc(=O)[nH]1. The number of carbonyl (C=O) groups is 1. The molecule has 2 aromatic rings. The van der Waals surface area contributed by atoms with E-state index in [1.54, 1.807) is 18.1 Å². The Morgan fingerprint density at radius 2 is 1.92 bits per heavy atom. The van der Waals surface area contributed by atoms with E-state index in [9.17, 15) is 9.59 Å². The molecule has 1 aromatic heterocycles. The van der Waals surface area contributed by atoms with Crippen molar-refractivity contribution in [3.05, 3.63) is 69.6 Å². The molecule has 0 aliphatic rings. The third kappa shape index (κ3) is 5.87. The number of nitrogens with one attached hydrogen (secondary N) is 1. The van der Waals surface area contributed by atoms with E-state index in [1.807, 2.05) is 25.1 Å². The zero-order valence-electron chi connectivity index (χ0n) is 15.0. The molecule has 5 nitrogen and oxygen atoms in total. The molecule has 0 unspecified atom stereocenters. The first kappa shape index (κ1) is 18.9. The number of pyridine rings is 1. The van der Waals surface area contributed by atoms with Crippen LogP contribution >= 0.6 is 0 Å². The molecule has 0 saturated heterocycles. The summed E-state index contributed by atoms with van der Waals surface area (Å²) in [4.78, 5) is 29.1. The average molecular weight is 342 g/mol. The highest BCUT2D eigenvalue weighted by Crippen LogP contribution is 2.08.